The Labute approximate surface area is 315 Å². The highest BCUT2D eigenvalue weighted by molar-refractivity contribution is 5.95. The molecule has 10 rings (SSSR count). The van der Waals surface area contributed by atoms with Crippen molar-refractivity contribution in [2.24, 2.45) is 0 Å². The van der Waals surface area contributed by atoms with Gasteiger partial charge >= 0.3 is 0 Å². The van der Waals surface area contributed by atoms with E-state index in [1.165, 1.54) is 44.5 Å². The molecule has 7 aromatic carbocycles. The summed E-state index contributed by atoms with van der Waals surface area (Å²) in [6, 6.07) is 63.2. The molecule has 0 radical (unpaired) electrons. The monoisotopic (exact) mass is 689 g/mol. The van der Waals surface area contributed by atoms with Gasteiger partial charge in [-0.05, 0) is 98.0 Å². The van der Waals surface area contributed by atoms with Crippen LogP contribution in [0, 0.1) is 0 Å². The number of rotatable bonds is 4. The first kappa shape index (κ1) is 31.7. The van der Waals surface area contributed by atoms with E-state index >= 15 is 0 Å². The molecule has 0 N–H and O–H groups in total. The fourth-order valence-electron chi connectivity index (χ4n) is 8.06. The third-order valence-electron chi connectivity index (χ3n) is 10.7. The summed E-state index contributed by atoms with van der Waals surface area (Å²) in [6.07, 6.45) is 5.37. The lowest BCUT2D eigenvalue weighted by Crippen LogP contribution is -2.03. The Morgan fingerprint density at radius 2 is 0.889 bits per heavy atom. The Morgan fingerprint density at radius 3 is 1.59 bits per heavy atom. The summed E-state index contributed by atoms with van der Waals surface area (Å²) in [6.45, 7) is 0. The molecule has 0 fully saturated rings. The lowest BCUT2D eigenvalue weighted by Gasteiger charge is -2.21. The lowest BCUT2D eigenvalue weighted by atomic mass is 9.83. The Balaban J connectivity index is 1.18. The summed E-state index contributed by atoms with van der Waals surface area (Å²) in [4.78, 5) is 15.0. The molecule has 0 atom stereocenters. The first-order valence-electron chi connectivity index (χ1n) is 18.5. The van der Waals surface area contributed by atoms with E-state index in [-0.39, 0.29) is 0 Å². The molecular formula is C51H35N3. The number of benzene rings is 7. The molecule has 0 aliphatic heterocycles. The van der Waals surface area contributed by atoms with Crippen LogP contribution >= 0.6 is 0 Å². The van der Waals surface area contributed by atoms with Crippen LogP contribution in [0.2, 0.25) is 0 Å². The van der Waals surface area contributed by atoms with Crippen LogP contribution in [-0.2, 0) is 12.8 Å². The van der Waals surface area contributed by atoms with Gasteiger partial charge in [0.15, 0.2) is 5.82 Å². The van der Waals surface area contributed by atoms with Crippen molar-refractivity contribution in [3.63, 3.8) is 0 Å². The molecule has 3 nitrogen and oxygen atoms in total. The molecule has 1 aliphatic rings. The van der Waals surface area contributed by atoms with Crippen molar-refractivity contribution in [3.05, 3.63) is 211 Å². The molecule has 9 aromatic rings. The van der Waals surface area contributed by atoms with Crippen molar-refractivity contribution < 1.29 is 0 Å². The number of hydrogen-bond acceptors (Lipinski definition) is 3. The molecule has 254 valence electrons. The average molecular weight is 690 g/mol. The smallest absolute Gasteiger partial charge is 0.161 e. The van der Waals surface area contributed by atoms with Crippen molar-refractivity contribution in [1.29, 1.82) is 0 Å². The van der Waals surface area contributed by atoms with Crippen LogP contribution in [0.4, 0.5) is 0 Å². The highest BCUT2D eigenvalue weighted by Crippen LogP contribution is 2.39. The highest BCUT2D eigenvalue weighted by Gasteiger charge is 2.20. The minimum absolute atomic E-state index is 0.707. The average Bonchev–Trinajstić information content (AvgIpc) is 3.24. The maximum absolute atomic E-state index is 5.35. The van der Waals surface area contributed by atoms with E-state index in [0.717, 1.165) is 62.8 Å². The summed E-state index contributed by atoms with van der Waals surface area (Å²) in [5.41, 5.74) is 17.4. The van der Waals surface area contributed by atoms with Crippen molar-refractivity contribution in [3.8, 4) is 67.3 Å². The van der Waals surface area contributed by atoms with Gasteiger partial charge in [0, 0.05) is 34.6 Å². The molecule has 0 bridgehead atoms. The van der Waals surface area contributed by atoms with Crippen LogP contribution < -0.4 is 0 Å². The van der Waals surface area contributed by atoms with Gasteiger partial charge in [0.05, 0.1) is 11.4 Å². The zero-order valence-electron chi connectivity index (χ0n) is 29.7. The first-order chi connectivity index (χ1) is 26.7. The molecule has 0 spiro atoms. The van der Waals surface area contributed by atoms with Crippen molar-refractivity contribution in [2.45, 2.75) is 12.8 Å². The second-order valence-electron chi connectivity index (χ2n) is 14.0. The largest absolute Gasteiger partial charge is 0.264 e. The predicted octanol–water partition coefficient (Wildman–Crippen LogP) is 12.5. The molecule has 0 unspecified atom stereocenters. The SMILES string of the molecule is c1cncc(-c2cccc(-c3cc(-c4ccc5c(c4)Cc4ccccc4-c4ccccc4Cc4ccccc4-5)nc(-c4cccc5ccccc45)n3)c2)c1. The number of pyridine rings is 1. The zero-order chi connectivity index (χ0) is 35.8. The van der Waals surface area contributed by atoms with Gasteiger partial charge in [0.2, 0.25) is 0 Å². The van der Waals surface area contributed by atoms with Gasteiger partial charge in [-0.15, -0.1) is 0 Å². The van der Waals surface area contributed by atoms with Gasteiger partial charge < -0.3 is 0 Å². The van der Waals surface area contributed by atoms with Crippen LogP contribution in [-0.4, -0.2) is 15.0 Å². The molecule has 2 heterocycles. The van der Waals surface area contributed by atoms with E-state index in [2.05, 4.69) is 175 Å². The normalized spacial score (nSPS) is 11.9. The summed E-state index contributed by atoms with van der Waals surface area (Å²) < 4.78 is 0. The molecule has 0 amide bonds. The summed E-state index contributed by atoms with van der Waals surface area (Å²) >= 11 is 0. The van der Waals surface area contributed by atoms with Crippen LogP contribution in [0.25, 0.3) is 78.1 Å². The van der Waals surface area contributed by atoms with Crippen molar-refractivity contribution in [1.82, 2.24) is 15.0 Å². The van der Waals surface area contributed by atoms with Gasteiger partial charge in [0.1, 0.15) is 0 Å². The number of aromatic nitrogens is 3. The number of hydrogen-bond donors (Lipinski definition) is 0. The zero-order valence-corrected chi connectivity index (χ0v) is 29.7. The third kappa shape index (κ3) is 5.86. The Morgan fingerprint density at radius 1 is 0.352 bits per heavy atom. The lowest BCUT2D eigenvalue weighted by molar-refractivity contribution is 1.14. The molecule has 2 aromatic heterocycles. The number of nitrogens with zero attached hydrogens (tertiary/aromatic N) is 3. The second kappa shape index (κ2) is 13.5. The molecule has 0 saturated heterocycles. The van der Waals surface area contributed by atoms with Gasteiger partial charge in [-0.25, -0.2) is 9.97 Å². The maximum atomic E-state index is 5.35. The highest BCUT2D eigenvalue weighted by atomic mass is 14.9. The fourth-order valence-corrected chi connectivity index (χ4v) is 8.06. The summed E-state index contributed by atoms with van der Waals surface area (Å²) in [5.74, 6) is 0.707. The van der Waals surface area contributed by atoms with E-state index in [0.29, 0.717) is 5.82 Å². The summed E-state index contributed by atoms with van der Waals surface area (Å²) in [7, 11) is 0. The second-order valence-corrected chi connectivity index (χ2v) is 14.0. The predicted molar refractivity (Wildman–Crippen MR) is 222 cm³/mol. The van der Waals surface area contributed by atoms with Crippen LogP contribution in [0.1, 0.15) is 22.3 Å². The quantitative estimate of drug-likeness (QED) is 0.185. The molecule has 54 heavy (non-hydrogen) atoms. The Hall–Kier alpha value is -6.97. The van der Waals surface area contributed by atoms with E-state index in [1.54, 1.807) is 0 Å². The van der Waals surface area contributed by atoms with E-state index in [9.17, 15) is 0 Å². The van der Waals surface area contributed by atoms with Gasteiger partial charge in [-0.3, -0.25) is 4.98 Å². The summed E-state index contributed by atoms with van der Waals surface area (Å²) in [5, 5.41) is 2.29. The van der Waals surface area contributed by atoms with Crippen LogP contribution in [0.5, 0.6) is 0 Å². The van der Waals surface area contributed by atoms with Gasteiger partial charge in [-0.2, -0.15) is 0 Å². The van der Waals surface area contributed by atoms with Crippen molar-refractivity contribution in [2.75, 3.05) is 0 Å². The molecule has 3 heteroatoms. The van der Waals surface area contributed by atoms with Gasteiger partial charge in [-0.1, -0.05) is 152 Å². The first-order valence-corrected chi connectivity index (χ1v) is 18.5. The topological polar surface area (TPSA) is 38.7 Å². The minimum atomic E-state index is 0.707. The third-order valence-corrected chi connectivity index (χ3v) is 10.7. The Bertz CT molecular complexity index is 2830. The van der Waals surface area contributed by atoms with Crippen LogP contribution in [0.15, 0.2) is 188 Å². The van der Waals surface area contributed by atoms with E-state index < -0.39 is 0 Å². The van der Waals surface area contributed by atoms with E-state index in [4.69, 9.17) is 9.97 Å². The molecular weight excluding hydrogens is 655 g/mol. The number of fused-ring (bicyclic) bond motifs is 7. The van der Waals surface area contributed by atoms with Crippen LogP contribution in [0.3, 0.4) is 0 Å². The fraction of sp³-hybridized carbons (Fsp3) is 0.0392. The minimum Gasteiger partial charge on any atom is -0.264 e. The van der Waals surface area contributed by atoms with E-state index in [1.807, 2.05) is 18.5 Å². The molecule has 1 aliphatic carbocycles. The van der Waals surface area contributed by atoms with Gasteiger partial charge in [0.25, 0.3) is 0 Å². The maximum Gasteiger partial charge on any atom is 0.161 e. The van der Waals surface area contributed by atoms with Crippen molar-refractivity contribution >= 4 is 10.8 Å². The Kier molecular flexibility index (Phi) is 7.96. The molecule has 0 saturated carbocycles. The standard InChI is InChI=1S/C51H35N3/c1-5-20-43-34(12-1)16-10-24-48(43)51-53-49(39-18-9-17-35(28-39)41-19-11-27-52-33-41)32-50(54-51)40-25-26-47-42(31-40)30-38-15-4-7-22-45(38)44-21-6-2-13-36(44)29-37-14-3-8-23-46(37)47/h1-28,31-33H,29-30H2.